The number of carbonyl (C=O) groups is 1. The summed E-state index contributed by atoms with van der Waals surface area (Å²) in [7, 11) is 1.25. The van der Waals surface area contributed by atoms with E-state index in [4.69, 9.17) is 22.4 Å². The van der Waals surface area contributed by atoms with E-state index in [2.05, 4.69) is 4.74 Å². The number of nitrogens with two attached hydrogens (primary N) is 1. The highest BCUT2D eigenvalue weighted by Gasteiger charge is 2.16. The Morgan fingerprint density at radius 1 is 1.60 bits per heavy atom. The quantitative estimate of drug-likeness (QED) is 0.785. The highest BCUT2D eigenvalue weighted by Crippen LogP contribution is 2.26. The number of aromatic hydroxyl groups is 1. The fraction of sp³-hybridized carbons (Fsp3) is 0.222. The van der Waals surface area contributed by atoms with E-state index in [0.717, 1.165) is 0 Å². The second-order valence-corrected chi connectivity index (χ2v) is 3.12. The molecule has 0 saturated carbocycles. The standard InChI is InChI=1S/C9H10ClNO3.ClH/c1-14-9(13)8(11)5-2-3-7(12)6(10)4-5;/h2-4,8,12H,11H2,1H3;1H/t8-;/m1./s1. The Kier molecular flexibility index (Phi) is 5.43. The predicted octanol–water partition coefficient (Wildman–Crippen LogP) is 1.64. The second kappa shape index (κ2) is 5.80. The van der Waals surface area contributed by atoms with Crippen molar-refractivity contribution in [2.24, 2.45) is 5.73 Å². The molecule has 0 fully saturated rings. The molecule has 6 heteroatoms. The summed E-state index contributed by atoms with van der Waals surface area (Å²) in [5.41, 5.74) is 6.05. The van der Waals surface area contributed by atoms with Gasteiger partial charge in [0.2, 0.25) is 0 Å². The summed E-state index contributed by atoms with van der Waals surface area (Å²) in [4.78, 5) is 11.1. The highest BCUT2D eigenvalue weighted by atomic mass is 35.5. The largest absolute Gasteiger partial charge is 0.506 e. The van der Waals surface area contributed by atoms with Crippen LogP contribution in [0.4, 0.5) is 0 Å². The second-order valence-electron chi connectivity index (χ2n) is 2.71. The van der Waals surface area contributed by atoms with Crippen molar-refractivity contribution >= 4 is 30.0 Å². The lowest BCUT2D eigenvalue weighted by Crippen LogP contribution is -2.22. The molecular weight excluding hydrogens is 241 g/mol. The Balaban J connectivity index is 0.00000196. The molecule has 1 aromatic carbocycles. The van der Waals surface area contributed by atoms with E-state index < -0.39 is 12.0 Å². The normalized spacial score (nSPS) is 11.4. The Labute approximate surface area is 98.4 Å². The third-order valence-electron chi connectivity index (χ3n) is 1.79. The molecule has 4 nitrogen and oxygen atoms in total. The predicted molar refractivity (Wildman–Crippen MR) is 59.3 cm³/mol. The number of benzene rings is 1. The average molecular weight is 252 g/mol. The smallest absolute Gasteiger partial charge is 0.327 e. The number of hydrogen-bond donors (Lipinski definition) is 2. The van der Waals surface area contributed by atoms with Crippen molar-refractivity contribution in [1.29, 1.82) is 0 Å². The van der Waals surface area contributed by atoms with E-state index in [-0.39, 0.29) is 23.2 Å². The number of halogens is 2. The topological polar surface area (TPSA) is 72.5 Å². The monoisotopic (exact) mass is 251 g/mol. The van der Waals surface area contributed by atoms with Gasteiger partial charge in [-0.15, -0.1) is 12.4 Å². The van der Waals surface area contributed by atoms with E-state index in [0.29, 0.717) is 5.56 Å². The molecule has 0 aliphatic heterocycles. The van der Waals surface area contributed by atoms with Gasteiger partial charge in [0.15, 0.2) is 0 Å². The molecule has 0 aliphatic rings. The van der Waals surface area contributed by atoms with Crippen molar-refractivity contribution in [3.63, 3.8) is 0 Å². The van der Waals surface area contributed by atoms with Gasteiger partial charge in [-0.2, -0.15) is 0 Å². The number of hydrogen-bond acceptors (Lipinski definition) is 4. The van der Waals surface area contributed by atoms with Gasteiger partial charge in [-0.3, -0.25) is 4.79 Å². The first kappa shape index (κ1) is 14.0. The Hall–Kier alpha value is -0.970. The molecule has 15 heavy (non-hydrogen) atoms. The van der Waals surface area contributed by atoms with E-state index in [1.807, 2.05) is 0 Å². The number of phenols is 1. The van der Waals surface area contributed by atoms with Gasteiger partial charge >= 0.3 is 5.97 Å². The molecule has 0 aliphatic carbocycles. The van der Waals surface area contributed by atoms with Crippen molar-refractivity contribution in [3.05, 3.63) is 28.8 Å². The maximum absolute atomic E-state index is 11.1. The fourth-order valence-electron chi connectivity index (χ4n) is 0.980. The van der Waals surface area contributed by atoms with Crippen LogP contribution < -0.4 is 5.73 Å². The number of methoxy groups -OCH3 is 1. The lowest BCUT2D eigenvalue weighted by Gasteiger charge is -2.09. The molecule has 0 spiro atoms. The summed E-state index contributed by atoms with van der Waals surface area (Å²) in [6, 6.07) is 3.44. The molecule has 0 aromatic heterocycles. The molecule has 1 atom stereocenters. The summed E-state index contributed by atoms with van der Waals surface area (Å²) < 4.78 is 4.47. The van der Waals surface area contributed by atoms with Crippen LogP contribution in [0.3, 0.4) is 0 Å². The van der Waals surface area contributed by atoms with Crippen molar-refractivity contribution in [1.82, 2.24) is 0 Å². The van der Waals surface area contributed by atoms with Crippen LogP contribution in [-0.2, 0) is 9.53 Å². The summed E-state index contributed by atoms with van der Waals surface area (Å²) in [5, 5.41) is 9.29. The molecule has 0 saturated heterocycles. The van der Waals surface area contributed by atoms with Gasteiger partial charge < -0.3 is 15.6 Å². The van der Waals surface area contributed by atoms with E-state index in [1.54, 1.807) is 0 Å². The van der Waals surface area contributed by atoms with Crippen molar-refractivity contribution in [2.45, 2.75) is 6.04 Å². The number of carbonyl (C=O) groups excluding carboxylic acids is 1. The average Bonchev–Trinajstić information content (AvgIpc) is 2.20. The van der Waals surface area contributed by atoms with Gasteiger partial charge in [-0.05, 0) is 17.7 Å². The van der Waals surface area contributed by atoms with Gasteiger partial charge in [0.05, 0.1) is 12.1 Å². The van der Waals surface area contributed by atoms with Crippen LogP contribution in [0.15, 0.2) is 18.2 Å². The van der Waals surface area contributed by atoms with Crippen LogP contribution in [-0.4, -0.2) is 18.2 Å². The van der Waals surface area contributed by atoms with E-state index in [9.17, 15) is 4.79 Å². The van der Waals surface area contributed by atoms with Crippen LogP contribution in [0.25, 0.3) is 0 Å². The van der Waals surface area contributed by atoms with Gasteiger partial charge in [0.25, 0.3) is 0 Å². The van der Waals surface area contributed by atoms with Gasteiger partial charge in [0.1, 0.15) is 11.8 Å². The molecular formula is C9H11Cl2NO3. The molecule has 1 rings (SSSR count). The third-order valence-corrected chi connectivity index (χ3v) is 2.09. The van der Waals surface area contributed by atoms with Crippen LogP contribution in [0.5, 0.6) is 5.75 Å². The first-order valence-corrected chi connectivity index (χ1v) is 4.26. The molecule has 3 N–H and O–H groups in total. The summed E-state index contributed by atoms with van der Waals surface area (Å²) in [5.74, 6) is -0.598. The highest BCUT2D eigenvalue weighted by molar-refractivity contribution is 6.32. The molecule has 0 unspecified atom stereocenters. The lowest BCUT2D eigenvalue weighted by atomic mass is 10.1. The zero-order valence-corrected chi connectivity index (χ0v) is 9.51. The summed E-state index contributed by atoms with van der Waals surface area (Å²) >= 11 is 5.65. The Morgan fingerprint density at radius 2 is 2.20 bits per heavy atom. The summed E-state index contributed by atoms with van der Waals surface area (Å²) in [6.07, 6.45) is 0. The van der Waals surface area contributed by atoms with Gasteiger partial charge in [-0.25, -0.2) is 0 Å². The molecule has 0 amide bonds. The minimum absolute atomic E-state index is 0. The van der Waals surface area contributed by atoms with Crippen LogP contribution in [0, 0.1) is 0 Å². The fourth-order valence-corrected chi connectivity index (χ4v) is 1.17. The zero-order valence-electron chi connectivity index (χ0n) is 7.94. The number of esters is 1. The maximum atomic E-state index is 11.1. The SMILES string of the molecule is COC(=O)[C@H](N)c1ccc(O)c(Cl)c1.Cl. The molecule has 1 aromatic rings. The number of ether oxygens (including phenoxy) is 1. The maximum Gasteiger partial charge on any atom is 0.327 e. The number of phenolic OH excluding ortho intramolecular Hbond substituents is 1. The molecule has 0 radical (unpaired) electrons. The van der Waals surface area contributed by atoms with E-state index in [1.165, 1.54) is 25.3 Å². The van der Waals surface area contributed by atoms with Crippen LogP contribution >= 0.6 is 24.0 Å². The first-order valence-electron chi connectivity index (χ1n) is 3.88. The zero-order chi connectivity index (χ0) is 10.7. The van der Waals surface area contributed by atoms with Crippen molar-refractivity contribution in [2.75, 3.05) is 7.11 Å². The van der Waals surface area contributed by atoms with Crippen molar-refractivity contribution < 1.29 is 14.6 Å². The Bertz CT molecular complexity index is 357. The van der Waals surface area contributed by atoms with E-state index >= 15 is 0 Å². The summed E-state index contributed by atoms with van der Waals surface area (Å²) in [6.45, 7) is 0. The lowest BCUT2D eigenvalue weighted by molar-refractivity contribution is -0.142. The van der Waals surface area contributed by atoms with Crippen LogP contribution in [0.1, 0.15) is 11.6 Å². The van der Waals surface area contributed by atoms with Gasteiger partial charge in [-0.1, -0.05) is 17.7 Å². The van der Waals surface area contributed by atoms with Gasteiger partial charge in [0, 0.05) is 0 Å². The molecule has 0 heterocycles. The third kappa shape index (κ3) is 3.27. The minimum atomic E-state index is -0.877. The molecule has 0 bridgehead atoms. The molecule has 84 valence electrons. The Morgan fingerprint density at radius 3 is 2.67 bits per heavy atom. The van der Waals surface area contributed by atoms with Crippen molar-refractivity contribution in [3.8, 4) is 5.75 Å². The minimum Gasteiger partial charge on any atom is -0.506 e. The van der Waals surface area contributed by atoms with Crippen LogP contribution in [0.2, 0.25) is 5.02 Å². The first-order chi connectivity index (χ1) is 6.56. The number of rotatable bonds is 2.